The summed E-state index contributed by atoms with van der Waals surface area (Å²) in [6.07, 6.45) is 0. The Balaban J connectivity index is 2.35. The number of anilines is 3. The van der Waals surface area contributed by atoms with Crippen molar-refractivity contribution in [3.63, 3.8) is 0 Å². The summed E-state index contributed by atoms with van der Waals surface area (Å²) in [6.45, 7) is 2.04. The molecule has 0 atom stereocenters. The first kappa shape index (κ1) is 12.8. The number of hydrogen-bond donors (Lipinski definition) is 1. The first-order valence-corrected chi connectivity index (χ1v) is 6.28. The molecule has 18 heavy (non-hydrogen) atoms. The van der Waals surface area contributed by atoms with E-state index < -0.39 is 0 Å². The van der Waals surface area contributed by atoms with Crippen molar-refractivity contribution >= 4 is 28.7 Å². The van der Waals surface area contributed by atoms with E-state index in [1.807, 2.05) is 33.2 Å². The van der Waals surface area contributed by atoms with E-state index in [1.54, 1.807) is 0 Å². The Labute approximate surface area is 113 Å². The highest BCUT2D eigenvalue weighted by Crippen LogP contribution is 2.31. The van der Waals surface area contributed by atoms with E-state index in [2.05, 4.69) is 40.5 Å². The van der Waals surface area contributed by atoms with Crippen LogP contribution in [0.25, 0.3) is 0 Å². The molecule has 0 saturated carbocycles. The summed E-state index contributed by atoms with van der Waals surface area (Å²) >= 11 is 6.16. The lowest BCUT2D eigenvalue weighted by Crippen LogP contribution is -2.10. The van der Waals surface area contributed by atoms with E-state index in [1.165, 1.54) is 0 Å². The lowest BCUT2D eigenvalue weighted by molar-refractivity contribution is 1.18. The van der Waals surface area contributed by atoms with Gasteiger partial charge in [0.05, 0.1) is 0 Å². The predicted molar refractivity (Wildman–Crippen MR) is 80.2 cm³/mol. The van der Waals surface area contributed by atoms with E-state index in [4.69, 9.17) is 11.6 Å². The van der Waals surface area contributed by atoms with E-state index in [0.717, 1.165) is 27.6 Å². The van der Waals surface area contributed by atoms with Gasteiger partial charge in [-0.3, -0.25) is 0 Å². The molecule has 0 bridgehead atoms. The quantitative estimate of drug-likeness (QED) is 0.877. The Kier molecular flexibility index (Phi) is 3.78. The van der Waals surface area contributed by atoms with E-state index in [9.17, 15) is 0 Å². The first-order valence-electron chi connectivity index (χ1n) is 5.90. The second kappa shape index (κ2) is 5.32. The van der Waals surface area contributed by atoms with Gasteiger partial charge in [-0.25, -0.2) is 0 Å². The molecule has 0 aromatic heterocycles. The molecule has 0 radical (unpaired) electrons. The van der Waals surface area contributed by atoms with Crippen LogP contribution in [0, 0.1) is 6.92 Å². The van der Waals surface area contributed by atoms with Crippen molar-refractivity contribution in [2.75, 3.05) is 24.3 Å². The third-order valence-electron chi connectivity index (χ3n) is 3.14. The van der Waals surface area contributed by atoms with Crippen LogP contribution in [-0.4, -0.2) is 14.1 Å². The number of rotatable bonds is 3. The minimum Gasteiger partial charge on any atom is -0.388 e. The zero-order valence-corrected chi connectivity index (χ0v) is 11.6. The molecule has 0 spiro atoms. The van der Waals surface area contributed by atoms with Crippen molar-refractivity contribution in [1.29, 1.82) is 0 Å². The maximum absolute atomic E-state index is 6.16. The predicted octanol–water partition coefficient (Wildman–Crippen LogP) is 4.46. The number of hydrogen-bond acceptors (Lipinski definition) is 2. The minimum absolute atomic E-state index is 0.797. The summed E-state index contributed by atoms with van der Waals surface area (Å²) < 4.78 is 0. The molecule has 94 valence electrons. The Bertz CT molecular complexity index is 535. The summed E-state index contributed by atoms with van der Waals surface area (Å²) in [5.41, 5.74) is 4.47. The molecule has 0 aliphatic rings. The summed E-state index contributed by atoms with van der Waals surface area (Å²) in [7, 11) is 3.97. The standard InChI is InChI=1S/C15H17ClN2/c1-11-14(16)5-4-6-15(11)18(3)13-9-7-12(17-2)8-10-13/h4-10,17H,1-3H3. The van der Waals surface area contributed by atoms with Gasteiger partial charge in [0.2, 0.25) is 0 Å². The molecule has 0 saturated heterocycles. The van der Waals surface area contributed by atoms with Crippen LogP contribution in [0.15, 0.2) is 42.5 Å². The third-order valence-corrected chi connectivity index (χ3v) is 3.55. The Hall–Kier alpha value is -1.67. The second-order valence-corrected chi connectivity index (χ2v) is 4.65. The molecule has 1 N–H and O–H groups in total. The van der Waals surface area contributed by atoms with Gasteiger partial charge in [0, 0.05) is 36.2 Å². The van der Waals surface area contributed by atoms with Crippen LogP contribution in [0.5, 0.6) is 0 Å². The van der Waals surface area contributed by atoms with Gasteiger partial charge >= 0.3 is 0 Å². The highest BCUT2D eigenvalue weighted by Gasteiger charge is 2.08. The number of nitrogens with zero attached hydrogens (tertiary/aromatic N) is 1. The molecule has 0 amide bonds. The Morgan fingerprint density at radius 3 is 2.33 bits per heavy atom. The van der Waals surface area contributed by atoms with Crippen molar-refractivity contribution in [3.05, 3.63) is 53.1 Å². The molecule has 0 unspecified atom stereocenters. The number of benzene rings is 2. The van der Waals surface area contributed by atoms with Crippen LogP contribution in [0.3, 0.4) is 0 Å². The van der Waals surface area contributed by atoms with Gasteiger partial charge in [-0.15, -0.1) is 0 Å². The molecule has 2 aromatic rings. The monoisotopic (exact) mass is 260 g/mol. The van der Waals surface area contributed by atoms with E-state index >= 15 is 0 Å². The van der Waals surface area contributed by atoms with Crippen LogP contribution in [0.4, 0.5) is 17.1 Å². The van der Waals surface area contributed by atoms with Gasteiger partial charge in [0.1, 0.15) is 0 Å². The fraction of sp³-hybridized carbons (Fsp3) is 0.200. The van der Waals surface area contributed by atoms with Gasteiger partial charge in [-0.05, 0) is 48.9 Å². The van der Waals surface area contributed by atoms with E-state index in [0.29, 0.717) is 0 Å². The van der Waals surface area contributed by atoms with Crippen molar-refractivity contribution in [3.8, 4) is 0 Å². The molecule has 0 aliphatic heterocycles. The third kappa shape index (κ3) is 2.44. The molecule has 2 aromatic carbocycles. The average molecular weight is 261 g/mol. The summed E-state index contributed by atoms with van der Waals surface area (Å²) in [5, 5.41) is 3.91. The smallest absolute Gasteiger partial charge is 0.0455 e. The maximum atomic E-state index is 6.16. The van der Waals surface area contributed by atoms with Crippen molar-refractivity contribution < 1.29 is 0 Å². The van der Waals surface area contributed by atoms with Crippen LogP contribution >= 0.6 is 11.6 Å². The molecule has 2 nitrogen and oxygen atoms in total. The fourth-order valence-corrected chi connectivity index (χ4v) is 2.12. The normalized spacial score (nSPS) is 10.2. The highest BCUT2D eigenvalue weighted by atomic mass is 35.5. The Morgan fingerprint density at radius 2 is 1.72 bits per heavy atom. The van der Waals surface area contributed by atoms with Gasteiger partial charge in [-0.2, -0.15) is 0 Å². The van der Waals surface area contributed by atoms with Crippen molar-refractivity contribution in [2.45, 2.75) is 6.92 Å². The lowest BCUT2D eigenvalue weighted by Gasteiger charge is -2.22. The summed E-state index contributed by atoms with van der Waals surface area (Å²) in [5.74, 6) is 0. The molecule has 2 rings (SSSR count). The summed E-state index contributed by atoms with van der Waals surface area (Å²) in [6, 6.07) is 14.3. The second-order valence-electron chi connectivity index (χ2n) is 4.24. The minimum atomic E-state index is 0.797. The van der Waals surface area contributed by atoms with Crippen molar-refractivity contribution in [1.82, 2.24) is 0 Å². The van der Waals surface area contributed by atoms with Crippen LogP contribution in [-0.2, 0) is 0 Å². The van der Waals surface area contributed by atoms with Gasteiger partial charge in [0.15, 0.2) is 0 Å². The first-order chi connectivity index (χ1) is 8.63. The zero-order chi connectivity index (χ0) is 13.1. The largest absolute Gasteiger partial charge is 0.388 e. The maximum Gasteiger partial charge on any atom is 0.0455 e. The molecular formula is C15H17ClN2. The van der Waals surface area contributed by atoms with Gasteiger partial charge in [0.25, 0.3) is 0 Å². The van der Waals surface area contributed by atoms with Crippen LogP contribution < -0.4 is 10.2 Å². The Morgan fingerprint density at radius 1 is 1.06 bits per heavy atom. The average Bonchev–Trinajstić information content (AvgIpc) is 2.41. The molecule has 0 fully saturated rings. The topological polar surface area (TPSA) is 15.3 Å². The SMILES string of the molecule is CNc1ccc(N(C)c2cccc(Cl)c2C)cc1. The van der Waals surface area contributed by atoms with Gasteiger partial charge < -0.3 is 10.2 Å². The molecule has 0 heterocycles. The molecule has 0 aliphatic carbocycles. The lowest BCUT2D eigenvalue weighted by atomic mass is 10.1. The number of nitrogens with one attached hydrogen (secondary N) is 1. The molecule has 3 heteroatoms. The molecular weight excluding hydrogens is 244 g/mol. The van der Waals surface area contributed by atoms with Gasteiger partial charge in [-0.1, -0.05) is 17.7 Å². The van der Waals surface area contributed by atoms with Crippen LogP contribution in [0.1, 0.15) is 5.56 Å². The fourth-order valence-electron chi connectivity index (χ4n) is 1.95. The van der Waals surface area contributed by atoms with Crippen LogP contribution in [0.2, 0.25) is 5.02 Å². The highest BCUT2D eigenvalue weighted by molar-refractivity contribution is 6.31. The van der Waals surface area contributed by atoms with E-state index in [-0.39, 0.29) is 0 Å². The summed E-state index contributed by atoms with van der Waals surface area (Å²) in [4.78, 5) is 2.14. The zero-order valence-electron chi connectivity index (χ0n) is 10.9. The number of halogens is 1. The van der Waals surface area contributed by atoms with Crippen molar-refractivity contribution in [2.24, 2.45) is 0 Å².